The fourth-order valence-corrected chi connectivity index (χ4v) is 3.52. The molecule has 4 heteroatoms. The zero-order valence-electron chi connectivity index (χ0n) is 11.5. The van der Waals surface area contributed by atoms with Gasteiger partial charge in [-0.3, -0.25) is 4.90 Å². The Morgan fingerprint density at radius 1 is 1.42 bits per heavy atom. The van der Waals surface area contributed by atoms with E-state index in [1.165, 1.54) is 25.8 Å². The van der Waals surface area contributed by atoms with Crippen LogP contribution >= 0.6 is 11.6 Å². The van der Waals surface area contributed by atoms with Crippen LogP contribution in [0.2, 0.25) is 5.02 Å². The number of rotatable bonds is 5. The molecule has 1 aliphatic heterocycles. The summed E-state index contributed by atoms with van der Waals surface area (Å²) in [5.41, 5.74) is 1.02. The average Bonchev–Trinajstić information content (AvgIpc) is 3.02. The molecule has 0 radical (unpaired) electrons. The number of piperidine rings is 1. The lowest BCUT2D eigenvalue weighted by Gasteiger charge is -2.26. The number of aromatic nitrogens is 1. The Morgan fingerprint density at radius 3 is 3.00 bits per heavy atom. The van der Waals surface area contributed by atoms with E-state index in [9.17, 15) is 0 Å². The van der Waals surface area contributed by atoms with Gasteiger partial charge in [0, 0.05) is 25.7 Å². The second-order valence-electron chi connectivity index (χ2n) is 5.81. The van der Waals surface area contributed by atoms with Crippen LogP contribution in [0.4, 0.5) is 5.82 Å². The minimum absolute atomic E-state index is 0.773. The third kappa shape index (κ3) is 2.87. The highest BCUT2D eigenvalue weighted by Gasteiger charge is 2.37. The molecule has 2 bridgehead atoms. The zero-order valence-corrected chi connectivity index (χ0v) is 12.3. The average molecular weight is 280 g/mol. The molecule has 3 nitrogen and oxygen atoms in total. The quantitative estimate of drug-likeness (QED) is 0.894. The molecule has 3 rings (SSSR count). The number of hydrogen-bond donors (Lipinski definition) is 1. The molecule has 1 aliphatic carbocycles. The van der Waals surface area contributed by atoms with Crippen LogP contribution < -0.4 is 5.32 Å². The molecule has 2 aliphatic rings. The molecule has 1 saturated carbocycles. The molecule has 1 aromatic heterocycles. The largest absolute Gasteiger partial charge is 0.370 e. The minimum Gasteiger partial charge on any atom is -0.370 e. The number of halogens is 1. The number of hydrogen-bond acceptors (Lipinski definition) is 3. The Morgan fingerprint density at radius 2 is 2.32 bits per heavy atom. The number of nitrogens with zero attached hydrogens (tertiary/aromatic N) is 2. The topological polar surface area (TPSA) is 28.2 Å². The number of anilines is 1. The lowest BCUT2D eigenvalue weighted by Crippen LogP contribution is -2.31. The Hall–Kier alpha value is -0.800. The molecular weight excluding hydrogens is 258 g/mol. The Bertz CT molecular complexity index is 449. The van der Waals surface area contributed by atoms with E-state index in [0.717, 1.165) is 48.0 Å². The fourth-order valence-electron chi connectivity index (χ4n) is 3.36. The van der Waals surface area contributed by atoms with Crippen molar-refractivity contribution in [3.8, 4) is 0 Å². The van der Waals surface area contributed by atoms with E-state index in [0.29, 0.717) is 0 Å². The maximum absolute atomic E-state index is 6.29. The van der Waals surface area contributed by atoms with Gasteiger partial charge in [-0.1, -0.05) is 18.5 Å². The molecule has 2 fully saturated rings. The predicted octanol–water partition coefficient (Wildman–Crippen LogP) is 3.54. The van der Waals surface area contributed by atoms with Crippen molar-refractivity contribution < 1.29 is 0 Å². The number of likely N-dealkylation sites (tertiary alicyclic amines) is 1. The van der Waals surface area contributed by atoms with Crippen LogP contribution in [0, 0.1) is 5.92 Å². The summed E-state index contributed by atoms with van der Waals surface area (Å²) >= 11 is 6.29. The van der Waals surface area contributed by atoms with Crippen molar-refractivity contribution in [1.82, 2.24) is 9.88 Å². The van der Waals surface area contributed by atoms with Crippen LogP contribution in [-0.4, -0.2) is 29.0 Å². The molecule has 1 saturated heterocycles. The summed E-state index contributed by atoms with van der Waals surface area (Å²) < 4.78 is 0. The second-order valence-corrected chi connectivity index (χ2v) is 6.22. The molecule has 0 amide bonds. The monoisotopic (exact) mass is 279 g/mol. The molecule has 1 aromatic rings. The lowest BCUT2D eigenvalue weighted by molar-refractivity contribution is 0.203. The first-order chi connectivity index (χ1) is 9.26. The molecular formula is C15H22ClN3. The van der Waals surface area contributed by atoms with Gasteiger partial charge in [0.25, 0.3) is 0 Å². The van der Waals surface area contributed by atoms with Crippen LogP contribution in [-0.2, 0) is 6.54 Å². The van der Waals surface area contributed by atoms with Gasteiger partial charge in [0.1, 0.15) is 5.82 Å². The number of pyridine rings is 1. The van der Waals surface area contributed by atoms with Gasteiger partial charge < -0.3 is 5.32 Å². The Balaban J connectivity index is 1.69. The van der Waals surface area contributed by atoms with Gasteiger partial charge in [-0.15, -0.1) is 0 Å². The summed E-state index contributed by atoms with van der Waals surface area (Å²) in [5.74, 6) is 1.87. The third-order valence-electron chi connectivity index (χ3n) is 4.35. The first-order valence-corrected chi connectivity index (χ1v) is 7.77. The van der Waals surface area contributed by atoms with Crippen molar-refractivity contribution in [1.29, 1.82) is 0 Å². The Kier molecular flexibility index (Phi) is 3.94. The van der Waals surface area contributed by atoms with Crippen molar-refractivity contribution in [3.63, 3.8) is 0 Å². The number of nitrogens with one attached hydrogen (secondary N) is 1. The molecule has 2 heterocycles. The van der Waals surface area contributed by atoms with Gasteiger partial charge in [-0.2, -0.15) is 0 Å². The highest BCUT2D eigenvalue weighted by molar-refractivity contribution is 6.31. The highest BCUT2D eigenvalue weighted by atomic mass is 35.5. The standard InChI is InChI=1S/C15H22ClN3/c1-2-7-17-15-6-5-13(16)14(18-15)10-19-9-11-3-4-12(19)8-11/h5-6,11-12H,2-4,7-10H2,1H3,(H,17,18). The van der Waals surface area contributed by atoms with Crippen molar-refractivity contribution in [2.24, 2.45) is 5.92 Å². The van der Waals surface area contributed by atoms with Crippen LogP contribution in [0.1, 0.15) is 38.3 Å². The van der Waals surface area contributed by atoms with E-state index in [2.05, 4.69) is 22.1 Å². The predicted molar refractivity (Wildman–Crippen MR) is 79.6 cm³/mol. The van der Waals surface area contributed by atoms with Gasteiger partial charge >= 0.3 is 0 Å². The summed E-state index contributed by atoms with van der Waals surface area (Å²) in [6.45, 7) is 5.25. The van der Waals surface area contributed by atoms with Gasteiger partial charge in [0.15, 0.2) is 0 Å². The van der Waals surface area contributed by atoms with E-state index >= 15 is 0 Å². The molecule has 0 aromatic carbocycles. The lowest BCUT2D eigenvalue weighted by atomic mass is 10.1. The molecule has 2 unspecified atom stereocenters. The smallest absolute Gasteiger partial charge is 0.126 e. The van der Waals surface area contributed by atoms with Gasteiger partial charge in [0.2, 0.25) is 0 Å². The minimum atomic E-state index is 0.773. The molecule has 0 spiro atoms. The van der Waals surface area contributed by atoms with Crippen molar-refractivity contribution in [2.75, 3.05) is 18.4 Å². The summed E-state index contributed by atoms with van der Waals surface area (Å²) in [4.78, 5) is 7.23. The first kappa shape index (κ1) is 13.2. The summed E-state index contributed by atoms with van der Waals surface area (Å²) in [7, 11) is 0. The van der Waals surface area contributed by atoms with E-state index < -0.39 is 0 Å². The van der Waals surface area contributed by atoms with Crippen LogP contribution in [0.5, 0.6) is 0 Å². The van der Waals surface area contributed by atoms with E-state index in [1.54, 1.807) is 0 Å². The van der Waals surface area contributed by atoms with Crippen molar-refractivity contribution >= 4 is 17.4 Å². The maximum atomic E-state index is 6.29. The van der Waals surface area contributed by atoms with Crippen molar-refractivity contribution in [2.45, 2.75) is 45.2 Å². The third-order valence-corrected chi connectivity index (χ3v) is 4.69. The highest BCUT2D eigenvalue weighted by Crippen LogP contribution is 2.38. The summed E-state index contributed by atoms with van der Waals surface area (Å²) in [6, 6.07) is 4.71. The molecule has 2 atom stereocenters. The fraction of sp³-hybridized carbons (Fsp3) is 0.667. The van der Waals surface area contributed by atoms with Crippen molar-refractivity contribution in [3.05, 3.63) is 22.8 Å². The maximum Gasteiger partial charge on any atom is 0.126 e. The van der Waals surface area contributed by atoms with E-state index in [-0.39, 0.29) is 0 Å². The van der Waals surface area contributed by atoms with Gasteiger partial charge in [-0.25, -0.2) is 4.98 Å². The molecule has 19 heavy (non-hydrogen) atoms. The number of fused-ring (bicyclic) bond motifs is 2. The van der Waals surface area contributed by atoms with Gasteiger partial charge in [-0.05, 0) is 43.7 Å². The normalized spacial score (nSPS) is 26.0. The van der Waals surface area contributed by atoms with E-state index in [1.807, 2.05) is 12.1 Å². The zero-order chi connectivity index (χ0) is 13.2. The van der Waals surface area contributed by atoms with Gasteiger partial charge in [0.05, 0.1) is 10.7 Å². The first-order valence-electron chi connectivity index (χ1n) is 7.39. The second kappa shape index (κ2) is 5.68. The molecule has 1 N–H and O–H groups in total. The van der Waals surface area contributed by atoms with Crippen LogP contribution in [0.15, 0.2) is 12.1 Å². The van der Waals surface area contributed by atoms with Crippen LogP contribution in [0.25, 0.3) is 0 Å². The summed E-state index contributed by atoms with van der Waals surface area (Å²) in [5, 5.41) is 4.13. The molecule has 104 valence electrons. The SMILES string of the molecule is CCCNc1ccc(Cl)c(CN2CC3CCC2C3)n1. The summed E-state index contributed by atoms with van der Waals surface area (Å²) in [6.07, 6.45) is 5.26. The van der Waals surface area contributed by atoms with E-state index in [4.69, 9.17) is 11.6 Å². The van der Waals surface area contributed by atoms with Crippen LogP contribution in [0.3, 0.4) is 0 Å². The Labute approximate surface area is 120 Å².